The zero-order valence-electron chi connectivity index (χ0n) is 12.0. The molecule has 0 unspecified atom stereocenters. The first kappa shape index (κ1) is 16.7. The molecule has 0 saturated heterocycles. The highest BCUT2D eigenvalue weighted by atomic mass is 32.2. The van der Waals surface area contributed by atoms with Gasteiger partial charge in [0.25, 0.3) is 0 Å². The zero-order valence-corrected chi connectivity index (χ0v) is 12.8. The van der Waals surface area contributed by atoms with Crippen LogP contribution in [0.5, 0.6) is 0 Å². The second kappa shape index (κ2) is 9.53. The van der Waals surface area contributed by atoms with E-state index >= 15 is 0 Å². The Balaban J connectivity index is 2.21. The Morgan fingerprint density at radius 3 is 2.40 bits per heavy atom. The zero-order chi connectivity index (χ0) is 14.7. The van der Waals surface area contributed by atoms with Crippen molar-refractivity contribution in [2.45, 2.75) is 56.8 Å². The fraction of sp³-hybridized carbons (Fsp3) is 0.533. The molecule has 0 N–H and O–H groups in total. The monoisotopic (exact) mass is 297 g/mol. The average Bonchev–Trinajstić information content (AvgIpc) is 2.46. The van der Waals surface area contributed by atoms with Gasteiger partial charge in [-0.2, -0.15) is 8.42 Å². The van der Waals surface area contributed by atoms with E-state index in [1.54, 1.807) is 18.2 Å². The molecule has 0 amide bonds. The maximum atomic E-state index is 11.7. The predicted molar refractivity (Wildman–Crippen MR) is 81.2 cm³/mol. The van der Waals surface area contributed by atoms with Crippen molar-refractivity contribution in [1.29, 1.82) is 0 Å². The number of benzene rings is 1. The molecule has 0 radical (unpaired) electrons. The fourth-order valence-electron chi connectivity index (χ4n) is 1.79. The van der Waals surface area contributed by atoms with E-state index in [0.717, 1.165) is 19.3 Å². The maximum Gasteiger partial charge on any atom is 0.358 e. The summed E-state index contributed by atoms with van der Waals surface area (Å²) in [6.45, 7) is 2.19. The summed E-state index contributed by atoms with van der Waals surface area (Å²) in [6.07, 6.45) is 9.46. The molecule has 0 saturated carbocycles. The van der Waals surface area contributed by atoms with Crippen LogP contribution in [-0.2, 0) is 14.4 Å². The molecule has 5 heteroatoms. The molecule has 0 fully saturated rings. The van der Waals surface area contributed by atoms with Crippen molar-refractivity contribution in [3.05, 3.63) is 30.3 Å². The molecule has 0 spiro atoms. The van der Waals surface area contributed by atoms with Gasteiger partial charge in [0.05, 0.1) is 0 Å². The molecule has 1 aromatic carbocycles. The van der Waals surface area contributed by atoms with Gasteiger partial charge in [0.2, 0.25) is 0 Å². The van der Waals surface area contributed by atoms with E-state index in [9.17, 15) is 8.42 Å². The lowest BCUT2D eigenvalue weighted by Crippen LogP contribution is -2.02. The minimum Gasteiger partial charge on any atom is -0.265 e. The van der Waals surface area contributed by atoms with E-state index in [-0.39, 0.29) is 4.90 Å². The van der Waals surface area contributed by atoms with Gasteiger partial charge in [-0.15, -0.1) is 0 Å². The third-order valence-corrected chi connectivity index (χ3v) is 4.07. The highest BCUT2D eigenvalue weighted by Gasteiger charge is 2.13. The number of unbranched alkanes of at least 4 members (excludes halogenated alkanes) is 6. The van der Waals surface area contributed by atoms with Crippen LogP contribution in [0.15, 0.2) is 40.4 Å². The number of nitrogens with zero attached hydrogens (tertiary/aromatic N) is 1. The number of rotatable bonds is 10. The quantitative estimate of drug-likeness (QED) is 0.371. The highest BCUT2D eigenvalue weighted by molar-refractivity contribution is 7.86. The largest absolute Gasteiger partial charge is 0.358 e. The molecule has 1 aromatic rings. The van der Waals surface area contributed by atoms with E-state index in [1.165, 1.54) is 44.0 Å². The summed E-state index contributed by atoms with van der Waals surface area (Å²) < 4.78 is 28.0. The van der Waals surface area contributed by atoms with E-state index in [4.69, 9.17) is 0 Å². The summed E-state index contributed by atoms with van der Waals surface area (Å²) in [5.74, 6) is 0. The van der Waals surface area contributed by atoms with E-state index in [0.29, 0.717) is 0 Å². The van der Waals surface area contributed by atoms with Crippen LogP contribution in [0, 0.1) is 0 Å². The van der Waals surface area contributed by atoms with Crippen LogP contribution in [0.2, 0.25) is 0 Å². The molecule has 0 heterocycles. The van der Waals surface area contributed by atoms with Gasteiger partial charge in [-0.3, -0.25) is 4.28 Å². The molecule has 0 aliphatic carbocycles. The van der Waals surface area contributed by atoms with Crippen molar-refractivity contribution in [3.63, 3.8) is 0 Å². The van der Waals surface area contributed by atoms with Crippen molar-refractivity contribution in [1.82, 2.24) is 0 Å². The molecular formula is C15H23NO3S. The summed E-state index contributed by atoms with van der Waals surface area (Å²) in [6, 6.07) is 8.02. The van der Waals surface area contributed by atoms with Crippen LogP contribution >= 0.6 is 0 Å². The second-order valence-electron chi connectivity index (χ2n) is 4.69. The molecule has 0 aliphatic heterocycles. The Morgan fingerprint density at radius 2 is 1.70 bits per heavy atom. The Labute approximate surface area is 122 Å². The van der Waals surface area contributed by atoms with E-state index in [1.807, 2.05) is 0 Å². The van der Waals surface area contributed by atoms with E-state index in [2.05, 4.69) is 16.4 Å². The van der Waals surface area contributed by atoms with Crippen LogP contribution in [0.1, 0.15) is 51.9 Å². The lowest BCUT2D eigenvalue weighted by atomic mass is 10.1. The molecule has 112 valence electrons. The van der Waals surface area contributed by atoms with Gasteiger partial charge in [-0.1, -0.05) is 62.4 Å². The van der Waals surface area contributed by atoms with Crippen molar-refractivity contribution in [2.24, 2.45) is 5.16 Å². The van der Waals surface area contributed by atoms with Gasteiger partial charge in [-0.25, -0.2) is 0 Å². The standard InChI is InChI=1S/C15H23NO3S/c1-2-3-4-5-6-7-11-14-16-19-20(17,18)15-12-9-8-10-13-15/h8-10,12-14H,2-7,11H2,1H3. The molecule has 0 atom stereocenters. The molecule has 0 aromatic heterocycles. The summed E-state index contributed by atoms with van der Waals surface area (Å²) in [4.78, 5) is 0.122. The SMILES string of the molecule is CCCCCCCCC=NOS(=O)(=O)c1ccccc1. The van der Waals surface area contributed by atoms with Crippen LogP contribution in [0.3, 0.4) is 0 Å². The van der Waals surface area contributed by atoms with Gasteiger partial charge in [0, 0.05) is 6.21 Å². The van der Waals surface area contributed by atoms with Crippen LogP contribution in [-0.4, -0.2) is 14.6 Å². The van der Waals surface area contributed by atoms with Gasteiger partial charge in [0.15, 0.2) is 0 Å². The second-order valence-corrected chi connectivity index (χ2v) is 6.21. The molecule has 20 heavy (non-hydrogen) atoms. The summed E-state index contributed by atoms with van der Waals surface area (Å²) in [5.41, 5.74) is 0. The Kier molecular flexibility index (Phi) is 7.95. The van der Waals surface area contributed by atoms with Crippen molar-refractivity contribution < 1.29 is 12.7 Å². The first-order valence-electron chi connectivity index (χ1n) is 7.17. The topological polar surface area (TPSA) is 55.7 Å². The van der Waals surface area contributed by atoms with Crippen LogP contribution < -0.4 is 0 Å². The summed E-state index contributed by atoms with van der Waals surface area (Å²) >= 11 is 0. The Hall–Kier alpha value is -1.36. The molecule has 4 nitrogen and oxygen atoms in total. The predicted octanol–water partition coefficient (Wildman–Crippen LogP) is 4.13. The normalized spacial score (nSPS) is 11.8. The smallest absolute Gasteiger partial charge is 0.265 e. The van der Waals surface area contributed by atoms with Crippen molar-refractivity contribution in [3.8, 4) is 0 Å². The number of oxime groups is 1. The molecule has 1 rings (SSSR count). The number of hydrogen-bond acceptors (Lipinski definition) is 4. The van der Waals surface area contributed by atoms with Crippen LogP contribution in [0.4, 0.5) is 0 Å². The van der Waals surface area contributed by atoms with Gasteiger partial charge < -0.3 is 0 Å². The summed E-state index contributed by atoms with van der Waals surface area (Å²) in [7, 11) is -3.76. The lowest BCUT2D eigenvalue weighted by molar-refractivity contribution is 0.339. The first-order chi connectivity index (χ1) is 9.67. The third-order valence-electron chi connectivity index (χ3n) is 2.93. The van der Waals surface area contributed by atoms with Gasteiger partial charge in [-0.05, 0) is 25.0 Å². The molecular weight excluding hydrogens is 274 g/mol. The Morgan fingerprint density at radius 1 is 1.05 bits per heavy atom. The fourth-order valence-corrected chi connectivity index (χ4v) is 2.54. The summed E-state index contributed by atoms with van der Waals surface area (Å²) in [5, 5.41) is 3.54. The third kappa shape index (κ3) is 6.70. The van der Waals surface area contributed by atoms with Gasteiger partial charge >= 0.3 is 10.1 Å². The lowest BCUT2D eigenvalue weighted by Gasteiger charge is -2.00. The van der Waals surface area contributed by atoms with E-state index < -0.39 is 10.1 Å². The van der Waals surface area contributed by atoms with Crippen molar-refractivity contribution in [2.75, 3.05) is 0 Å². The average molecular weight is 297 g/mol. The maximum absolute atomic E-state index is 11.7. The minimum absolute atomic E-state index is 0.122. The van der Waals surface area contributed by atoms with Crippen molar-refractivity contribution >= 4 is 16.3 Å². The first-order valence-corrected chi connectivity index (χ1v) is 8.58. The van der Waals surface area contributed by atoms with Gasteiger partial charge in [0.1, 0.15) is 4.90 Å². The molecule has 0 aliphatic rings. The number of hydrogen-bond donors (Lipinski definition) is 0. The van der Waals surface area contributed by atoms with Crippen LogP contribution in [0.25, 0.3) is 0 Å². The molecule has 0 bridgehead atoms. The Bertz CT molecular complexity index is 483. The highest BCUT2D eigenvalue weighted by Crippen LogP contribution is 2.11. The minimum atomic E-state index is -3.76.